The van der Waals surface area contributed by atoms with E-state index in [2.05, 4.69) is 15.3 Å². The van der Waals surface area contributed by atoms with Crippen LogP contribution in [0.4, 0.5) is 20.3 Å². The van der Waals surface area contributed by atoms with Crippen LogP contribution in [0.1, 0.15) is 12.0 Å². The maximum absolute atomic E-state index is 14.5. The molecule has 0 fully saturated rings. The highest BCUT2D eigenvalue weighted by atomic mass is 19.1. The van der Waals surface area contributed by atoms with Crippen molar-refractivity contribution in [1.82, 2.24) is 9.97 Å². The molecule has 1 heterocycles. The predicted octanol–water partition coefficient (Wildman–Crippen LogP) is 6.04. The first kappa shape index (κ1) is 26.7. The zero-order chi connectivity index (χ0) is 27.1. The number of aromatic nitrogens is 2. The summed E-state index contributed by atoms with van der Waals surface area (Å²) in [5.41, 5.74) is 2.77. The third kappa shape index (κ3) is 6.12. The van der Waals surface area contributed by atoms with Gasteiger partial charge in [0.1, 0.15) is 35.3 Å². The molecule has 38 heavy (non-hydrogen) atoms. The number of nitrogens with one attached hydrogen (secondary N) is 1. The third-order valence-corrected chi connectivity index (χ3v) is 5.94. The van der Waals surface area contributed by atoms with Crippen LogP contribution < -0.4 is 14.8 Å². The topological polar surface area (TPSA) is 82.6 Å². The molecule has 0 bridgehead atoms. The van der Waals surface area contributed by atoms with E-state index in [4.69, 9.17) is 14.2 Å². The fourth-order valence-corrected chi connectivity index (χ4v) is 4.06. The van der Waals surface area contributed by atoms with Crippen LogP contribution in [0.3, 0.4) is 0 Å². The second-order valence-corrected chi connectivity index (χ2v) is 8.39. The molecule has 0 spiro atoms. The zero-order valence-corrected chi connectivity index (χ0v) is 21.3. The number of halogens is 2. The van der Waals surface area contributed by atoms with Gasteiger partial charge in [0.2, 0.25) is 0 Å². The van der Waals surface area contributed by atoms with Gasteiger partial charge in [0.15, 0.2) is 5.78 Å². The van der Waals surface area contributed by atoms with Crippen LogP contribution in [0.2, 0.25) is 0 Å². The summed E-state index contributed by atoms with van der Waals surface area (Å²) in [4.78, 5) is 21.0. The van der Waals surface area contributed by atoms with E-state index >= 15 is 0 Å². The van der Waals surface area contributed by atoms with E-state index < -0.39 is 11.6 Å². The van der Waals surface area contributed by atoms with Crippen molar-refractivity contribution in [3.63, 3.8) is 0 Å². The highest BCUT2D eigenvalue weighted by molar-refractivity contribution is 5.94. The summed E-state index contributed by atoms with van der Waals surface area (Å²) >= 11 is 0. The lowest BCUT2D eigenvalue weighted by Gasteiger charge is -2.15. The number of benzene rings is 3. The van der Waals surface area contributed by atoms with Crippen molar-refractivity contribution in [1.29, 1.82) is 0 Å². The van der Waals surface area contributed by atoms with Gasteiger partial charge < -0.3 is 19.5 Å². The molecule has 0 atom stereocenters. The molecular weight excluding hydrogens is 492 g/mol. The minimum atomic E-state index is -0.669. The molecule has 9 heteroatoms. The Labute approximate surface area is 219 Å². The number of rotatable bonds is 11. The maximum atomic E-state index is 14.5. The predicted molar refractivity (Wildman–Crippen MR) is 142 cm³/mol. The number of nitrogens with zero attached hydrogens (tertiary/aromatic N) is 2. The molecule has 0 unspecified atom stereocenters. The van der Waals surface area contributed by atoms with Gasteiger partial charge in [-0.1, -0.05) is 12.1 Å². The Morgan fingerprint density at radius 3 is 2.53 bits per heavy atom. The van der Waals surface area contributed by atoms with Gasteiger partial charge in [-0.3, -0.25) is 4.79 Å². The number of ketones is 1. The summed E-state index contributed by atoms with van der Waals surface area (Å²) in [7, 11) is 4.66. The smallest absolute Gasteiger partial charge is 0.155 e. The van der Waals surface area contributed by atoms with Gasteiger partial charge in [0.25, 0.3) is 0 Å². The van der Waals surface area contributed by atoms with Gasteiger partial charge >= 0.3 is 0 Å². The standard InChI is InChI=1S/C29H27F2N3O4/c1-36-12-4-5-21(35)9-6-19-13-23-25(16-28(19)38-3)32-17-33-29(23)34-26-14-18(7-11-27(26)37-2)22-10-8-20(30)15-24(22)31/h4-5,7-8,10-11,13-17H,6,9,12H2,1-3H3,(H,32,33,34)/b5-4+. The Kier molecular flexibility index (Phi) is 8.60. The Morgan fingerprint density at radius 1 is 0.974 bits per heavy atom. The summed E-state index contributed by atoms with van der Waals surface area (Å²) < 4.78 is 43.9. The summed E-state index contributed by atoms with van der Waals surface area (Å²) in [6.07, 6.45) is 5.35. The van der Waals surface area contributed by atoms with Crippen LogP contribution in [-0.2, 0) is 16.0 Å². The fraction of sp³-hybridized carbons (Fsp3) is 0.207. The molecule has 196 valence electrons. The van der Waals surface area contributed by atoms with Gasteiger partial charge in [-0.15, -0.1) is 0 Å². The largest absolute Gasteiger partial charge is 0.496 e. The van der Waals surface area contributed by atoms with Crippen LogP contribution in [-0.4, -0.2) is 43.7 Å². The molecule has 0 aliphatic rings. The number of allylic oxidation sites excluding steroid dienone is 1. The molecule has 0 amide bonds. The zero-order valence-electron chi connectivity index (χ0n) is 21.3. The number of fused-ring (bicyclic) bond motifs is 1. The third-order valence-electron chi connectivity index (χ3n) is 5.94. The van der Waals surface area contributed by atoms with Gasteiger partial charge in [0, 0.05) is 36.6 Å². The molecule has 7 nitrogen and oxygen atoms in total. The average Bonchev–Trinajstić information content (AvgIpc) is 2.91. The van der Waals surface area contributed by atoms with Crippen molar-refractivity contribution < 1.29 is 27.8 Å². The van der Waals surface area contributed by atoms with Crippen molar-refractivity contribution >= 4 is 28.2 Å². The Morgan fingerprint density at radius 2 is 1.79 bits per heavy atom. The quantitative estimate of drug-likeness (QED) is 0.242. The number of carbonyl (C=O) groups is 1. The highest BCUT2D eigenvalue weighted by Crippen LogP contribution is 2.36. The Hall–Kier alpha value is -4.37. The monoisotopic (exact) mass is 519 g/mol. The van der Waals surface area contributed by atoms with E-state index in [1.54, 1.807) is 44.6 Å². The van der Waals surface area contributed by atoms with E-state index in [1.807, 2.05) is 6.07 Å². The van der Waals surface area contributed by atoms with Crippen molar-refractivity contribution in [2.75, 3.05) is 33.3 Å². The van der Waals surface area contributed by atoms with Crippen LogP contribution in [0.5, 0.6) is 11.5 Å². The first-order valence-electron chi connectivity index (χ1n) is 11.8. The number of methoxy groups -OCH3 is 3. The number of anilines is 2. The summed E-state index contributed by atoms with van der Waals surface area (Å²) in [5, 5.41) is 3.97. The number of ether oxygens (including phenoxy) is 3. The van der Waals surface area contributed by atoms with Crippen molar-refractivity contribution in [2.45, 2.75) is 12.8 Å². The normalized spacial score (nSPS) is 11.2. The first-order valence-corrected chi connectivity index (χ1v) is 11.8. The number of carbonyl (C=O) groups excluding carboxylic acids is 1. The van der Waals surface area contributed by atoms with Gasteiger partial charge in [-0.25, -0.2) is 18.7 Å². The fourth-order valence-electron chi connectivity index (χ4n) is 4.06. The van der Waals surface area contributed by atoms with Crippen LogP contribution in [0, 0.1) is 11.6 Å². The van der Waals surface area contributed by atoms with Crippen molar-refractivity contribution in [3.05, 3.63) is 84.2 Å². The van der Waals surface area contributed by atoms with E-state index in [1.165, 1.54) is 31.6 Å². The highest BCUT2D eigenvalue weighted by Gasteiger charge is 2.15. The minimum absolute atomic E-state index is 0.0264. The molecule has 1 N–H and O–H groups in total. The summed E-state index contributed by atoms with van der Waals surface area (Å²) in [6.45, 7) is 0.371. The number of hydrogen-bond acceptors (Lipinski definition) is 7. The van der Waals surface area contributed by atoms with Gasteiger partial charge in [-0.05, 0) is 54.0 Å². The minimum Gasteiger partial charge on any atom is -0.496 e. The van der Waals surface area contributed by atoms with Crippen molar-refractivity contribution in [2.24, 2.45) is 0 Å². The SMILES string of the molecule is COC/C=C/C(=O)CCc1cc2c(Nc3cc(-c4ccc(F)cc4F)ccc3OC)ncnc2cc1OC. The summed E-state index contributed by atoms with van der Waals surface area (Å²) in [6, 6.07) is 12.2. The molecule has 1 aromatic heterocycles. The number of hydrogen-bond donors (Lipinski definition) is 1. The molecule has 0 aliphatic carbocycles. The maximum Gasteiger partial charge on any atom is 0.155 e. The van der Waals surface area contributed by atoms with Gasteiger partial charge in [0.05, 0.1) is 32.0 Å². The lowest BCUT2D eigenvalue weighted by atomic mass is 10.0. The lowest BCUT2D eigenvalue weighted by molar-refractivity contribution is -0.114. The van der Waals surface area contributed by atoms with E-state index in [0.717, 1.165) is 11.6 Å². The van der Waals surface area contributed by atoms with E-state index in [0.29, 0.717) is 52.5 Å². The van der Waals surface area contributed by atoms with Crippen molar-refractivity contribution in [3.8, 4) is 22.6 Å². The van der Waals surface area contributed by atoms with Crippen LogP contribution in [0.25, 0.3) is 22.0 Å². The molecule has 0 saturated heterocycles. The summed E-state index contributed by atoms with van der Waals surface area (Å²) in [5.74, 6) is 0.260. The molecule has 3 aromatic carbocycles. The van der Waals surface area contributed by atoms with E-state index in [9.17, 15) is 13.6 Å². The molecule has 4 rings (SSSR count). The van der Waals surface area contributed by atoms with Crippen LogP contribution in [0.15, 0.2) is 67.0 Å². The van der Waals surface area contributed by atoms with Gasteiger partial charge in [-0.2, -0.15) is 0 Å². The second kappa shape index (κ2) is 12.2. The van der Waals surface area contributed by atoms with E-state index in [-0.39, 0.29) is 17.8 Å². The molecule has 0 radical (unpaired) electrons. The number of aryl methyl sites for hydroxylation is 1. The molecular formula is C29H27F2N3O4. The molecule has 4 aromatic rings. The Bertz CT molecular complexity index is 1490. The molecule has 0 saturated carbocycles. The Balaban J connectivity index is 1.69. The lowest BCUT2D eigenvalue weighted by Crippen LogP contribution is -2.02. The second-order valence-electron chi connectivity index (χ2n) is 8.39. The first-order chi connectivity index (χ1) is 18.4. The average molecular weight is 520 g/mol. The molecule has 0 aliphatic heterocycles. The van der Waals surface area contributed by atoms with Crippen LogP contribution >= 0.6 is 0 Å².